The molecule has 0 saturated heterocycles. The maximum Gasteiger partial charge on any atom is 0.258 e. The molecule has 0 heterocycles. The van der Waals surface area contributed by atoms with E-state index in [2.05, 4.69) is 31.2 Å². The molecule has 5 rings (SSSR count). The van der Waals surface area contributed by atoms with E-state index in [0.717, 1.165) is 27.9 Å². The molecule has 3 nitrogen and oxygen atoms in total. The van der Waals surface area contributed by atoms with Gasteiger partial charge in [0.05, 0.1) is 6.54 Å². The number of benzene rings is 5. The molecule has 0 unspecified atom stereocenters. The van der Waals surface area contributed by atoms with Crippen LogP contribution in [0.3, 0.4) is 0 Å². The number of amides is 1. The molecule has 37 heavy (non-hydrogen) atoms. The number of hydrogen-bond donors (Lipinski definition) is 1. The fraction of sp³-hybridized carbons (Fsp3) is 0.0882. The summed E-state index contributed by atoms with van der Waals surface area (Å²) in [5.74, 6) is -0.0738. The van der Waals surface area contributed by atoms with Gasteiger partial charge >= 0.3 is 0 Å². The van der Waals surface area contributed by atoms with Crippen LogP contribution in [0.1, 0.15) is 38.2 Å². The van der Waals surface area contributed by atoms with Gasteiger partial charge in [0, 0.05) is 11.3 Å². The number of aryl methyl sites for hydroxylation is 1. The van der Waals surface area contributed by atoms with Gasteiger partial charge in [-0.2, -0.15) is 0 Å². The van der Waals surface area contributed by atoms with Crippen molar-refractivity contribution in [2.45, 2.75) is 19.1 Å². The molecule has 0 bridgehead atoms. The largest absolute Gasteiger partial charge is 0.376 e. The average Bonchev–Trinajstić information content (AvgIpc) is 2.97. The van der Waals surface area contributed by atoms with Gasteiger partial charge in [-0.25, -0.2) is 0 Å². The maximum atomic E-state index is 13.6. The molecule has 0 spiro atoms. The summed E-state index contributed by atoms with van der Waals surface area (Å²) in [5, 5.41) is 12.1. The Morgan fingerprint density at radius 1 is 0.622 bits per heavy atom. The highest BCUT2D eigenvalue weighted by Gasteiger charge is 2.33. The predicted molar refractivity (Wildman–Crippen MR) is 150 cm³/mol. The lowest BCUT2D eigenvalue weighted by Gasteiger charge is -2.31. The van der Waals surface area contributed by atoms with E-state index in [4.69, 9.17) is 0 Å². The molecule has 1 N–H and O–H groups in total. The number of carbonyl (C=O) groups excluding carboxylic acids is 1. The van der Waals surface area contributed by atoms with Crippen LogP contribution in [-0.2, 0) is 12.1 Å². The summed E-state index contributed by atoms with van der Waals surface area (Å²) >= 11 is 0. The van der Waals surface area contributed by atoms with Crippen molar-refractivity contribution in [3.63, 3.8) is 0 Å². The minimum absolute atomic E-state index is 0.0738. The third kappa shape index (κ3) is 5.09. The number of nitrogens with zero attached hydrogens (tertiary/aromatic N) is 1. The summed E-state index contributed by atoms with van der Waals surface area (Å²) in [6.07, 6.45) is 0. The molecule has 0 aromatic heterocycles. The SMILES string of the molecule is Cc1ccc(CN(C(=O)c2ccccc2)c2ccc(C(O)(c3ccccc3)c3ccccc3)cc2)cc1. The fourth-order valence-corrected chi connectivity index (χ4v) is 4.63. The Kier molecular flexibility index (Phi) is 6.98. The van der Waals surface area contributed by atoms with E-state index < -0.39 is 5.60 Å². The zero-order valence-electron chi connectivity index (χ0n) is 20.8. The van der Waals surface area contributed by atoms with Crippen LogP contribution < -0.4 is 4.90 Å². The molecular formula is C34H29NO2. The summed E-state index contributed by atoms with van der Waals surface area (Å²) < 4.78 is 0. The smallest absolute Gasteiger partial charge is 0.258 e. The van der Waals surface area contributed by atoms with E-state index in [1.54, 1.807) is 4.90 Å². The highest BCUT2D eigenvalue weighted by Crippen LogP contribution is 2.37. The van der Waals surface area contributed by atoms with Crippen molar-refractivity contribution >= 4 is 11.6 Å². The molecule has 0 atom stereocenters. The van der Waals surface area contributed by atoms with Gasteiger partial charge in [0.15, 0.2) is 0 Å². The molecule has 5 aromatic rings. The molecule has 0 radical (unpaired) electrons. The van der Waals surface area contributed by atoms with Gasteiger partial charge in [-0.3, -0.25) is 4.79 Å². The van der Waals surface area contributed by atoms with E-state index in [-0.39, 0.29) is 5.91 Å². The van der Waals surface area contributed by atoms with Crippen molar-refractivity contribution in [3.8, 4) is 0 Å². The zero-order chi connectivity index (χ0) is 25.7. The van der Waals surface area contributed by atoms with Crippen LogP contribution in [0.25, 0.3) is 0 Å². The van der Waals surface area contributed by atoms with Crippen LogP contribution in [0.5, 0.6) is 0 Å². The molecule has 0 saturated carbocycles. The second-order valence-corrected chi connectivity index (χ2v) is 9.23. The highest BCUT2D eigenvalue weighted by atomic mass is 16.3. The van der Waals surface area contributed by atoms with Gasteiger partial charge in [-0.05, 0) is 53.4 Å². The topological polar surface area (TPSA) is 40.5 Å². The number of anilines is 1. The summed E-state index contributed by atoms with van der Waals surface area (Å²) in [6, 6.07) is 44.6. The Hall–Kier alpha value is -4.47. The highest BCUT2D eigenvalue weighted by molar-refractivity contribution is 6.06. The second-order valence-electron chi connectivity index (χ2n) is 9.23. The van der Waals surface area contributed by atoms with E-state index in [9.17, 15) is 9.90 Å². The van der Waals surface area contributed by atoms with Crippen molar-refractivity contribution in [1.29, 1.82) is 0 Å². The van der Waals surface area contributed by atoms with E-state index >= 15 is 0 Å². The third-order valence-electron chi connectivity index (χ3n) is 6.71. The van der Waals surface area contributed by atoms with Crippen molar-refractivity contribution in [3.05, 3.63) is 173 Å². The lowest BCUT2D eigenvalue weighted by atomic mass is 9.80. The monoisotopic (exact) mass is 483 g/mol. The van der Waals surface area contributed by atoms with Crippen LogP contribution in [0, 0.1) is 6.92 Å². The normalized spacial score (nSPS) is 11.2. The molecule has 1 amide bonds. The van der Waals surface area contributed by atoms with E-state index in [1.165, 1.54) is 5.56 Å². The van der Waals surface area contributed by atoms with E-state index in [1.807, 2.05) is 115 Å². The van der Waals surface area contributed by atoms with Crippen LogP contribution in [-0.4, -0.2) is 11.0 Å². The van der Waals surface area contributed by atoms with Crippen LogP contribution >= 0.6 is 0 Å². The maximum absolute atomic E-state index is 13.6. The Balaban J connectivity index is 1.55. The minimum atomic E-state index is -1.33. The molecule has 0 aliphatic rings. The van der Waals surface area contributed by atoms with Crippen molar-refractivity contribution in [2.24, 2.45) is 0 Å². The molecule has 0 fully saturated rings. The van der Waals surface area contributed by atoms with Gasteiger partial charge in [0.25, 0.3) is 5.91 Å². The van der Waals surface area contributed by atoms with Gasteiger partial charge in [0.2, 0.25) is 0 Å². The van der Waals surface area contributed by atoms with Crippen LogP contribution in [0.4, 0.5) is 5.69 Å². The fourth-order valence-electron chi connectivity index (χ4n) is 4.63. The first-order valence-electron chi connectivity index (χ1n) is 12.4. The molecular weight excluding hydrogens is 454 g/mol. The Morgan fingerprint density at radius 3 is 1.59 bits per heavy atom. The first-order chi connectivity index (χ1) is 18.1. The number of carbonyl (C=O) groups is 1. The summed E-state index contributed by atoms with van der Waals surface area (Å²) in [5.41, 5.74) is 4.59. The van der Waals surface area contributed by atoms with Gasteiger partial charge in [-0.15, -0.1) is 0 Å². The number of aliphatic hydroxyl groups is 1. The molecule has 0 aliphatic carbocycles. The Morgan fingerprint density at radius 2 is 1.08 bits per heavy atom. The minimum Gasteiger partial charge on any atom is -0.376 e. The lowest BCUT2D eigenvalue weighted by molar-refractivity contribution is 0.0985. The Labute approximate surface area is 218 Å². The van der Waals surface area contributed by atoms with Crippen LogP contribution in [0.2, 0.25) is 0 Å². The second kappa shape index (κ2) is 10.7. The van der Waals surface area contributed by atoms with E-state index in [0.29, 0.717) is 12.1 Å². The zero-order valence-corrected chi connectivity index (χ0v) is 20.8. The summed E-state index contributed by atoms with van der Waals surface area (Å²) in [4.78, 5) is 15.4. The summed E-state index contributed by atoms with van der Waals surface area (Å²) in [6.45, 7) is 2.49. The molecule has 0 aliphatic heterocycles. The molecule has 182 valence electrons. The quantitative estimate of drug-likeness (QED) is 0.250. The average molecular weight is 484 g/mol. The standard InChI is InChI=1S/C34H29NO2/c1-26-17-19-27(20-18-26)25-35(33(36)28-11-5-2-6-12-28)32-23-21-31(22-24-32)34(37,29-13-7-3-8-14-29)30-15-9-4-10-16-30/h2-24,37H,25H2,1H3. The molecule has 3 heteroatoms. The van der Waals surface area contributed by atoms with Crippen molar-refractivity contribution in [2.75, 3.05) is 4.90 Å². The number of rotatable bonds is 7. The first kappa shape index (κ1) is 24.2. The molecule has 5 aromatic carbocycles. The first-order valence-corrected chi connectivity index (χ1v) is 12.4. The number of hydrogen-bond acceptors (Lipinski definition) is 2. The lowest BCUT2D eigenvalue weighted by Crippen LogP contribution is -2.31. The van der Waals surface area contributed by atoms with Crippen molar-refractivity contribution < 1.29 is 9.90 Å². The van der Waals surface area contributed by atoms with Crippen LogP contribution in [0.15, 0.2) is 140 Å². The van der Waals surface area contributed by atoms with Gasteiger partial charge in [0.1, 0.15) is 5.60 Å². The van der Waals surface area contributed by atoms with Gasteiger partial charge in [-0.1, -0.05) is 121 Å². The predicted octanol–water partition coefficient (Wildman–Crippen LogP) is 7.13. The van der Waals surface area contributed by atoms with Crippen molar-refractivity contribution in [1.82, 2.24) is 0 Å². The summed E-state index contributed by atoms with van der Waals surface area (Å²) in [7, 11) is 0. The van der Waals surface area contributed by atoms with Gasteiger partial charge < -0.3 is 10.0 Å². The Bertz CT molecular complexity index is 1410. The third-order valence-corrected chi connectivity index (χ3v) is 6.71.